The number of carbonyl (C=O) groups is 2. The van der Waals surface area contributed by atoms with E-state index in [2.05, 4.69) is 20.3 Å². The molecule has 0 radical (unpaired) electrons. The molecule has 1 amide bonds. The first-order valence-electron chi connectivity index (χ1n) is 8.91. The zero-order valence-corrected chi connectivity index (χ0v) is 16.5. The molecule has 0 bridgehead atoms. The van der Waals surface area contributed by atoms with Gasteiger partial charge in [0.1, 0.15) is 0 Å². The third-order valence-electron chi connectivity index (χ3n) is 4.41. The number of piperidine rings is 1. The lowest BCUT2D eigenvalue weighted by atomic mass is 9.97. The van der Waals surface area contributed by atoms with Crippen LogP contribution >= 0.6 is 11.3 Å². The Morgan fingerprint density at radius 1 is 1.33 bits per heavy atom. The monoisotopic (exact) mass is 389 g/mol. The molecule has 1 N–H and O–H groups in total. The van der Waals surface area contributed by atoms with Crippen LogP contribution in [0.1, 0.15) is 48.0 Å². The third-order valence-corrected chi connectivity index (χ3v) is 5.69. The summed E-state index contributed by atoms with van der Waals surface area (Å²) in [5.74, 6) is -0.0193. The summed E-state index contributed by atoms with van der Waals surface area (Å²) in [5.41, 5.74) is 0.274. The van der Waals surface area contributed by atoms with Crippen LogP contribution in [0.4, 0.5) is 11.1 Å². The molecule has 1 aliphatic heterocycles. The lowest BCUT2D eigenvalue weighted by Gasteiger charge is -2.31. The number of anilines is 2. The number of aromatic nitrogens is 3. The van der Waals surface area contributed by atoms with E-state index in [9.17, 15) is 9.59 Å². The molecule has 0 spiro atoms. The van der Waals surface area contributed by atoms with Crippen molar-refractivity contribution in [2.24, 2.45) is 5.92 Å². The number of methoxy groups -OCH3 is 1. The maximum absolute atomic E-state index is 12.7. The van der Waals surface area contributed by atoms with Gasteiger partial charge in [-0.15, -0.1) is 11.3 Å². The summed E-state index contributed by atoms with van der Waals surface area (Å²) in [6.45, 7) is 5.34. The molecule has 1 unspecified atom stereocenters. The van der Waals surface area contributed by atoms with Crippen LogP contribution in [0.5, 0.6) is 0 Å². The zero-order valence-electron chi connectivity index (χ0n) is 15.6. The van der Waals surface area contributed by atoms with E-state index in [1.165, 1.54) is 18.4 Å². The molecule has 3 heterocycles. The van der Waals surface area contributed by atoms with Gasteiger partial charge in [-0.25, -0.2) is 19.7 Å². The number of esters is 1. The number of hydrogen-bond acceptors (Lipinski definition) is 8. The molecule has 0 aliphatic carbocycles. The Labute approximate surface area is 162 Å². The quantitative estimate of drug-likeness (QED) is 0.785. The Morgan fingerprint density at radius 2 is 2.07 bits per heavy atom. The third kappa shape index (κ3) is 4.41. The smallest absolute Gasteiger partial charge is 0.357 e. The van der Waals surface area contributed by atoms with Crippen LogP contribution in [0.25, 0.3) is 0 Å². The highest BCUT2D eigenvalue weighted by Gasteiger charge is 2.29. The largest absolute Gasteiger partial charge is 0.464 e. The second kappa shape index (κ2) is 8.43. The Balaban J connectivity index is 1.70. The summed E-state index contributed by atoms with van der Waals surface area (Å²) >= 11 is 1.32. The average Bonchev–Trinajstić information content (AvgIpc) is 3.12. The fourth-order valence-corrected chi connectivity index (χ4v) is 4.01. The number of thiazole rings is 1. The van der Waals surface area contributed by atoms with Gasteiger partial charge in [-0.1, -0.05) is 13.8 Å². The highest BCUT2D eigenvalue weighted by molar-refractivity contribution is 7.16. The molecule has 9 heteroatoms. The van der Waals surface area contributed by atoms with Gasteiger partial charge in [0.05, 0.1) is 13.0 Å². The van der Waals surface area contributed by atoms with Gasteiger partial charge in [-0.05, 0) is 24.8 Å². The van der Waals surface area contributed by atoms with Crippen LogP contribution in [-0.2, 0) is 9.53 Å². The second-order valence-electron chi connectivity index (χ2n) is 6.70. The SMILES string of the molecule is COC(=O)c1nc(NC(=O)C2CCCN(c3ncccn3)C2)sc1C(C)C. The number of nitrogens with zero attached hydrogens (tertiary/aromatic N) is 4. The lowest BCUT2D eigenvalue weighted by Crippen LogP contribution is -2.41. The van der Waals surface area contributed by atoms with Gasteiger partial charge < -0.3 is 15.0 Å². The Kier molecular flexibility index (Phi) is 6.00. The second-order valence-corrected chi connectivity index (χ2v) is 7.73. The normalized spacial score (nSPS) is 17.0. The van der Waals surface area contributed by atoms with E-state index >= 15 is 0 Å². The molecule has 3 rings (SSSR count). The molecule has 1 fully saturated rings. The number of nitrogens with one attached hydrogen (secondary N) is 1. The average molecular weight is 389 g/mol. The number of hydrogen-bond donors (Lipinski definition) is 1. The van der Waals surface area contributed by atoms with Crippen molar-refractivity contribution in [1.82, 2.24) is 15.0 Å². The topological polar surface area (TPSA) is 97.3 Å². The molecule has 144 valence electrons. The first-order valence-corrected chi connectivity index (χ1v) is 9.73. The van der Waals surface area contributed by atoms with Gasteiger partial charge in [0.25, 0.3) is 0 Å². The predicted octanol–water partition coefficient (Wildman–Crippen LogP) is 2.70. The fraction of sp³-hybridized carbons (Fsp3) is 0.500. The standard InChI is InChI=1S/C18H23N5O3S/c1-11(2)14-13(16(25)26-3)21-18(27-14)22-15(24)12-6-4-9-23(10-12)17-19-7-5-8-20-17/h5,7-8,11-12H,4,6,9-10H2,1-3H3,(H,21,22,24). The highest BCUT2D eigenvalue weighted by Crippen LogP contribution is 2.31. The minimum absolute atomic E-state index is 0.101. The minimum Gasteiger partial charge on any atom is -0.464 e. The first-order chi connectivity index (χ1) is 13.0. The maximum atomic E-state index is 12.7. The molecule has 1 atom stereocenters. The Morgan fingerprint density at radius 3 is 2.74 bits per heavy atom. The van der Waals surface area contributed by atoms with Crippen molar-refractivity contribution in [3.63, 3.8) is 0 Å². The molecular weight excluding hydrogens is 366 g/mol. The molecule has 8 nitrogen and oxygen atoms in total. The summed E-state index contributed by atoms with van der Waals surface area (Å²) in [5, 5.41) is 3.30. The fourth-order valence-electron chi connectivity index (χ4n) is 3.05. The summed E-state index contributed by atoms with van der Waals surface area (Å²) in [4.78, 5) is 40.3. The van der Waals surface area contributed by atoms with Gasteiger partial charge in [0.15, 0.2) is 10.8 Å². The molecule has 0 saturated carbocycles. The van der Waals surface area contributed by atoms with Crippen LogP contribution in [-0.4, -0.2) is 47.0 Å². The highest BCUT2D eigenvalue weighted by atomic mass is 32.1. The predicted molar refractivity (Wildman–Crippen MR) is 103 cm³/mol. The van der Waals surface area contributed by atoms with Gasteiger partial charge in [0.2, 0.25) is 11.9 Å². The molecule has 2 aromatic heterocycles. The van der Waals surface area contributed by atoms with Crippen molar-refractivity contribution in [1.29, 1.82) is 0 Å². The van der Waals surface area contributed by atoms with Crippen molar-refractivity contribution in [2.45, 2.75) is 32.6 Å². The molecule has 2 aromatic rings. The van der Waals surface area contributed by atoms with Crippen molar-refractivity contribution >= 4 is 34.3 Å². The van der Waals surface area contributed by atoms with E-state index in [1.54, 1.807) is 18.5 Å². The molecule has 1 saturated heterocycles. The summed E-state index contributed by atoms with van der Waals surface area (Å²) in [7, 11) is 1.33. The van der Waals surface area contributed by atoms with Crippen LogP contribution in [0, 0.1) is 5.92 Å². The number of carbonyl (C=O) groups excluding carboxylic acids is 2. The zero-order chi connectivity index (χ0) is 19.4. The van der Waals surface area contributed by atoms with E-state index in [1.807, 2.05) is 18.7 Å². The molecule has 27 heavy (non-hydrogen) atoms. The van der Waals surface area contributed by atoms with Gasteiger partial charge in [-0.3, -0.25) is 4.79 Å². The van der Waals surface area contributed by atoms with Crippen molar-refractivity contribution in [3.05, 3.63) is 29.0 Å². The van der Waals surface area contributed by atoms with E-state index in [-0.39, 0.29) is 23.4 Å². The van der Waals surface area contributed by atoms with Crippen LogP contribution < -0.4 is 10.2 Å². The van der Waals surface area contributed by atoms with Crippen molar-refractivity contribution in [2.75, 3.05) is 30.4 Å². The number of rotatable bonds is 5. The number of amides is 1. The van der Waals surface area contributed by atoms with Crippen LogP contribution in [0.15, 0.2) is 18.5 Å². The van der Waals surface area contributed by atoms with Crippen molar-refractivity contribution in [3.8, 4) is 0 Å². The van der Waals surface area contributed by atoms with E-state index in [0.29, 0.717) is 17.6 Å². The van der Waals surface area contributed by atoms with E-state index < -0.39 is 5.97 Å². The summed E-state index contributed by atoms with van der Waals surface area (Å²) < 4.78 is 4.80. The van der Waals surface area contributed by atoms with E-state index in [0.717, 1.165) is 24.3 Å². The van der Waals surface area contributed by atoms with Crippen molar-refractivity contribution < 1.29 is 14.3 Å². The van der Waals surface area contributed by atoms with Gasteiger partial charge in [0, 0.05) is 30.4 Å². The first kappa shape index (κ1) is 19.2. The molecule has 1 aliphatic rings. The van der Waals surface area contributed by atoms with Gasteiger partial charge in [-0.2, -0.15) is 0 Å². The summed E-state index contributed by atoms with van der Waals surface area (Å²) in [6, 6.07) is 1.77. The maximum Gasteiger partial charge on any atom is 0.357 e. The minimum atomic E-state index is -0.486. The Bertz CT molecular complexity index is 809. The molecular formula is C18H23N5O3S. The summed E-state index contributed by atoms with van der Waals surface area (Å²) in [6.07, 6.45) is 5.08. The van der Waals surface area contributed by atoms with Crippen LogP contribution in [0.2, 0.25) is 0 Å². The lowest BCUT2D eigenvalue weighted by molar-refractivity contribution is -0.120. The van der Waals surface area contributed by atoms with E-state index in [4.69, 9.17) is 4.74 Å². The van der Waals surface area contributed by atoms with Crippen LogP contribution in [0.3, 0.4) is 0 Å². The number of ether oxygens (including phenoxy) is 1. The molecule has 0 aromatic carbocycles. The Hall–Kier alpha value is -2.55. The van der Waals surface area contributed by atoms with Gasteiger partial charge >= 0.3 is 5.97 Å².